The summed E-state index contributed by atoms with van der Waals surface area (Å²) in [6, 6.07) is 0. The molecule has 1 unspecified atom stereocenters. The van der Waals surface area contributed by atoms with Gasteiger partial charge in [-0.2, -0.15) is 0 Å². The maximum absolute atomic E-state index is 11.9. The molecule has 1 atom stereocenters. The van der Waals surface area contributed by atoms with Crippen LogP contribution in [0.25, 0.3) is 0 Å². The lowest BCUT2D eigenvalue weighted by Crippen LogP contribution is -2.37. The van der Waals surface area contributed by atoms with Crippen LogP contribution in [0.15, 0.2) is 0 Å². The summed E-state index contributed by atoms with van der Waals surface area (Å²) in [7, 11) is 1.79. The van der Waals surface area contributed by atoms with Crippen LogP contribution < -0.4 is 0 Å². The molecule has 0 saturated heterocycles. The summed E-state index contributed by atoms with van der Waals surface area (Å²) in [5.74, 6) is 1.41. The summed E-state index contributed by atoms with van der Waals surface area (Å²) in [6.07, 6.45) is 6.32. The van der Waals surface area contributed by atoms with Crippen molar-refractivity contribution in [2.45, 2.75) is 46.0 Å². The van der Waals surface area contributed by atoms with Crippen LogP contribution in [0.1, 0.15) is 46.0 Å². The predicted molar refractivity (Wildman–Crippen MR) is 72.4 cm³/mol. The van der Waals surface area contributed by atoms with Gasteiger partial charge in [0.05, 0.1) is 0 Å². The molecular weight excluding hydrogens is 234 g/mol. The van der Waals surface area contributed by atoms with Crippen molar-refractivity contribution in [3.8, 4) is 0 Å². The van der Waals surface area contributed by atoms with Crippen molar-refractivity contribution >= 4 is 16.4 Å². The first kappa shape index (κ1) is 14.8. The van der Waals surface area contributed by atoms with E-state index in [1.165, 1.54) is 32.1 Å². The topological polar surface area (TPSA) is 43.4 Å². The van der Waals surface area contributed by atoms with Gasteiger partial charge in [0.1, 0.15) is 5.75 Å². The summed E-state index contributed by atoms with van der Waals surface area (Å²) in [4.78, 5) is 13.6. The largest absolute Gasteiger partial charge is 0.608 e. The lowest BCUT2D eigenvalue weighted by Gasteiger charge is -2.26. The van der Waals surface area contributed by atoms with Crippen molar-refractivity contribution in [2.24, 2.45) is 11.8 Å². The second-order valence-corrected chi connectivity index (χ2v) is 6.93. The number of amides is 1. The summed E-state index contributed by atoms with van der Waals surface area (Å²) in [5.41, 5.74) is 0. The summed E-state index contributed by atoms with van der Waals surface area (Å²) in [6.45, 7) is 4.77. The van der Waals surface area contributed by atoms with Gasteiger partial charge in [0.25, 0.3) is 0 Å². The lowest BCUT2D eigenvalue weighted by atomic mass is 9.89. The molecule has 1 saturated carbocycles. The number of rotatable bonds is 4. The average molecular weight is 259 g/mol. The van der Waals surface area contributed by atoms with Crippen LogP contribution >= 0.6 is 0 Å². The normalized spacial score (nSPS) is 19.4. The van der Waals surface area contributed by atoms with E-state index in [9.17, 15) is 9.35 Å². The Hall–Kier alpha value is -0.220. The number of nitrogens with zero attached hydrogens (tertiary/aromatic N) is 1. The third-order valence-electron chi connectivity index (χ3n) is 3.25. The molecule has 3 nitrogen and oxygen atoms in total. The van der Waals surface area contributed by atoms with E-state index in [0.29, 0.717) is 17.6 Å². The van der Waals surface area contributed by atoms with Crippen LogP contribution in [0.2, 0.25) is 0 Å². The number of carbonyl (C=O) groups excluding carboxylic acids is 1. The average Bonchev–Trinajstić information content (AvgIpc) is 2.28. The van der Waals surface area contributed by atoms with Crippen molar-refractivity contribution in [2.75, 3.05) is 19.3 Å². The molecule has 0 radical (unpaired) electrons. The van der Waals surface area contributed by atoms with E-state index in [4.69, 9.17) is 0 Å². The van der Waals surface area contributed by atoms with E-state index >= 15 is 0 Å². The highest BCUT2D eigenvalue weighted by Gasteiger charge is 2.27. The summed E-state index contributed by atoms with van der Waals surface area (Å²) in [5, 5.41) is -0.190. The molecule has 0 aromatic carbocycles. The van der Waals surface area contributed by atoms with Gasteiger partial charge in [0, 0.05) is 24.8 Å². The second kappa shape index (κ2) is 7.27. The molecule has 1 rings (SSSR count). The van der Waals surface area contributed by atoms with Crippen LogP contribution in [-0.2, 0) is 11.2 Å². The number of carbonyl (C=O) groups is 1. The maximum atomic E-state index is 11.9. The van der Waals surface area contributed by atoms with Crippen molar-refractivity contribution in [3.63, 3.8) is 0 Å². The molecule has 4 heteroatoms. The van der Waals surface area contributed by atoms with E-state index < -0.39 is 11.2 Å². The standard InChI is InChI=1S/C13H25NO2S/c1-11(2)10-17(16)13(15)14(3)9-12-7-5-4-6-8-12/h11-12H,4-10H2,1-3H3. The lowest BCUT2D eigenvalue weighted by molar-refractivity contribution is 0.212. The Morgan fingerprint density at radius 2 is 1.94 bits per heavy atom. The van der Waals surface area contributed by atoms with Gasteiger partial charge in [-0.05, 0) is 24.7 Å². The molecule has 0 N–H and O–H groups in total. The van der Waals surface area contributed by atoms with E-state index in [1.807, 2.05) is 13.8 Å². The van der Waals surface area contributed by atoms with Crippen LogP contribution in [0, 0.1) is 11.8 Å². The molecule has 1 amide bonds. The third-order valence-corrected chi connectivity index (χ3v) is 4.92. The Kier molecular flexibility index (Phi) is 6.34. The Labute approximate surface area is 108 Å². The molecule has 0 spiro atoms. The first-order valence-corrected chi connectivity index (χ1v) is 7.96. The molecule has 17 heavy (non-hydrogen) atoms. The van der Waals surface area contributed by atoms with Crippen molar-refractivity contribution in [1.82, 2.24) is 4.90 Å². The van der Waals surface area contributed by atoms with Gasteiger partial charge in [-0.1, -0.05) is 33.1 Å². The molecule has 1 aliphatic rings. The van der Waals surface area contributed by atoms with Crippen LogP contribution in [0.5, 0.6) is 0 Å². The maximum Gasteiger partial charge on any atom is 0.429 e. The first-order chi connectivity index (χ1) is 8.00. The predicted octanol–water partition coefficient (Wildman–Crippen LogP) is 3.02. The third kappa shape index (κ3) is 5.30. The van der Waals surface area contributed by atoms with Gasteiger partial charge < -0.3 is 9.45 Å². The van der Waals surface area contributed by atoms with Crippen molar-refractivity contribution < 1.29 is 9.35 Å². The fraction of sp³-hybridized carbons (Fsp3) is 0.923. The van der Waals surface area contributed by atoms with E-state index in [0.717, 1.165) is 6.54 Å². The van der Waals surface area contributed by atoms with E-state index in [1.54, 1.807) is 11.9 Å². The molecule has 1 fully saturated rings. The molecule has 0 aliphatic heterocycles. The van der Waals surface area contributed by atoms with E-state index in [-0.39, 0.29) is 5.24 Å². The number of hydrogen-bond donors (Lipinski definition) is 0. The molecule has 100 valence electrons. The summed E-state index contributed by atoms with van der Waals surface area (Å²) >= 11 is -1.34. The minimum Gasteiger partial charge on any atom is -0.608 e. The molecule has 0 heterocycles. The smallest absolute Gasteiger partial charge is 0.429 e. The second-order valence-electron chi connectivity index (χ2n) is 5.56. The Morgan fingerprint density at radius 1 is 1.35 bits per heavy atom. The number of hydrogen-bond acceptors (Lipinski definition) is 2. The SMILES string of the molecule is CC(C)C[S+]([O-])C(=O)N(C)CC1CCCCC1. The molecule has 1 aliphatic carbocycles. The highest BCUT2D eigenvalue weighted by Crippen LogP contribution is 2.24. The van der Waals surface area contributed by atoms with Gasteiger partial charge >= 0.3 is 5.24 Å². The zero-order valence-electron chi connectivity index (χ0n) is 11.3. The Bertz CT molecular complexity index is 240. The minimum absolute atomic E-state index is 0.190. The van der Waals surface area contributed by atoms with Gasteiger partial charge in [-0.25, -0.2) is 4.79 Å². The van der Waals surface area contributed by atoms with Crippen LogP contribution in [0.4, 0.5) is 4.79 Å². The monoisotopic (exact) mass is 259 g/mol. The minimum atomic E-state index is -1.34. The highest BCUT2D eigenvalue weighted by atomic mass is 32.2. The highest BCUT2D eigenvalue weighted by molar-refractivity contribution is 8.05. The van der Waals surface area contributed by atoms with Crippen LogP contribution in [0.3, 0.4) is 0 Å². The molecule has 0 aromatic rings. The zero-order chi connectivity index (χ0) is 12.8. The zero-order valence-corrected chi connectivity index (χ0v) is 12.1. The molecule has 0 aromatic heterocycles. The van der Waals surface area contributed by atoms with Gasteiger partial charge in [-0.15, -0.1) is 0 Å². The Morgan fingerprint density at radius 3 is 2.47 bits per heavy atom. The van der Waals surface area contributed by atoms with Crippen molar-refractivity contribution in [3.05, 3.63) is 0 Å². The first-order valence-electron chi connectivity index (χ1n) is 6.64. The van der Waals surface area contributed by atoms with E-state index in [2.05, 4.69) is 0 Å². The van der Waals surface area contributed by atoms with Gasteiger partial charge in [0.2, 0.25) is 0 Å². The Balaban J connectivity index is 2.34. The molecule has 0 bridgehead atoms. The molecular formula is C13H25NO2S. The van der Waals surface area contributed by atoms with Gasteiger partial charge in [-0.3, -0.25) is 0 Å². The fourth-order valence-electron chi connectivity index (χ4n) is 2.38. The van der Waals surface area contributed by atoms with Crippen LogP contribution in [-0.4, -0.2) is 34.0 Å². The fourth-order valence-corrected chi connectivity index (χ4v) is 3.55. The van der Waals surface area contributed by atoms with Crippen molar-refractivity contribution in [1.29, 1.82) is 0 Å². The quantitative estimate of drug-likeness (QED) is 0.728. The summed E-state index contributed by atoms with van der Waals surface area (Å²) < 4.78 is 11.8. The van der Waals surface area contributed by atoms with Gasteiger partial charge in [0.15, 0.2) is 0 Å².